The molecular weight excluding hydrogens is 442 g/mol. The summed E-state index contributed by atoms with van der Waals surface area (Å²) >= 11 is 0. The van der Waals surface area contributed by atoms with Crippen molar-refractivity contribution in [1.82, 2.24) is 10.2 Å². The lowest BCUT2D eigenvalue weighted by Crippen LogP contribution is -2.56. The number of nitrogens with zero attached hydrogens (tertiary/aromatic N) is 1. The Morgan fingerprint density at radius 3 is 1.97 bits per heavy atom. The van der Waals surface area contributed by atoms with Crippen molar-refractivity contribution in [3.63, 3.8) is 0 Å². The number of nitrogens with one attached hydrogen (secondary N) is 1. The Hall–Kier alpha value is -3.19. The molecule has 0 aromatic heterocycles. The van der Waals surface area contributed by atoms with Gasteiger partial charge in [-0.3, -0.25) is 9.59 Å². The van der Waals surface area contributed by atoms with Crippen LogP contribution in [0.3, 0.4) is 0 Å². The van der Waals surface area contributed by atoms with Gasteiger partial charge in [0.1, 0.15) is 12.1 Å². The summed E-state index contributed by atoms with van der Waals surface area (Å²) in [6.45, 7) is 0.468. The maximum absolute atomic E-state index is 13.4. The van der Waals surface area contributed by atoms with Crippen LogP contribution in [0.2, 0.25) is 0 Å². The second kappa shape index (κ2) is 11.5. The molecule has 3 atom stereocenters. The maximum Gasteiger partial charge on any atom is 0.327 e. The van der Waals surface area contributed by atoms with Gasteiger partial charge in [0.05, 0.1) is 6.04 Å². The minimum Gasteiger partial charge on any atom is -0.480 e. The number of carboxylic acid groups (broad SMARTS) is 1. The van der Waals surface area contributed by atoms with Crippen molar-refractivity contribution in [3.05, 3.63) is 71.8 Å². The fourth-order valence-electron chi connectivity index (χ4n) is 5.62. The molecule has 0 bridgehead atoms. The summed E-state index contributed by atoms with van der Waals surface area (Å²) in [4.78, 5) is 40.7. The molecule has 1 saturated heterocycles. The summed E-state index contributed by atoms with van der Waals surface area (Å²) in [5.74, 6) is -2.17. The van der Waals surface area contributed by atoms with Crippen LogP contribution in [-0.4, -0.2) is 52.5 Å². The number of hydrogen-bond donors (Lipinski definition) is 3. The zero-order valence-corrected chi connectivity index (χ0v) is 20.0. The third-order valence-corrected chi connectivity index (χ3v) is 7.50. The van der Waals surface area contributed by atoms with E-state index >= 15 is 0 Å². The van der Waals surface area contributed by atoms with Crippen molar-refractivity contribution in [3.8, 4) is 0 Å². The number of carbonyl (C=O) groups excluding carboxylic acids is 2. The second-order valence-corrected chi connectivity index (χ2v) is 9.74. The summed E-state index contributed by atoms with van der Waals surface area (Å²) in [6, 6.07) is 16.2. The van der Waals surface area contributed by atoms with Crippen molar-refractivity contribution in [2.75, 3.05) is 6.54 Å². The van der Waals surface area contributed by atoms with Crippen molar-refractivity contribution in [2.24, 2.45) is 11.7 Å². The Balaban J connectivity index is 1.54. The number of hydrogen-bond acceptors (Lipinski definition) is 4. The van der Waals surface area contributed by atoms with Crippen LogP contribution in [0.15, 0.2) is 60.7 Å². The highest BCUT2D eigenvalue weighted by molar-refractivity contribution is 5.92. The number of nitrogens with two attached hydrogens (primary N) is 1. The van der Waals surface area contributed by atoms with Crippen molar-refractivity contribution in [1.29, 1.82) is 0 Å². The number of carbonyl (C=O) groups is 3. The lowest BCUT2D eigenvalue weighted by molar-refractivity contribution is -0.144. The Morgan fingerprint density at radius 2 is 1.43 bits per heavy atom. The Bertz CT molecular complexity index is 968. The first-order valence-electron chi connectivity index (χ1n) is 12.7. The van der Waals surface area contributed by atoms with Gasteiger partial charge in [-0.25, -0.2) is 4.79 Å². The summed E-state index contributed by atoms with van der Waals surface area (Å²) in [5, 5.41) is 13.0. The van der Waals surface area contributed by atoms with Gasteiger partial charge in [0.25, 0.3) is 0 Å². The van der Waals surface area contributed by atoms with E-state index in [1.807, 2.05) is 60.7 Å². The van der Waals surface area contributed by atoms with Gasteiger partial charge in [0.2, 0.25) is 11.8 Å². The Morgan fingerprint density at radius 1 is 0.857 bits per heavy atom. The van der Waals surface area contributed by atoms with Crippen LogP contribution in [0.5, 0.6) is 0 Å². The lowest BCUT2D eigenvalue weighted by atomic mass is 9.83. The first-order chi connectivity index (χ1) is 17.0. The molecule has 1 saturated carbocycles. The quantitative estimate of drug-likeness (QED) is 0.540. The van der Waals surface area contributed by atoms with Gasteiger partial charge in [-0.15, -0.1) is 0 Å². The molecule has 2 aliphatic rings. The number of amides is 2. The van der Waals surface area contributed by atoms with Crippen molar-refractivity contribution < 1.29 is 19.5 Å². The van der Waals surface area contributed by atoms with E-state index in [4.69, 9.17) is 5.73 Å². The van der Waals surface area contributed by atoms with Crippen LogP contribution in [0.25, 0.3) is 0 Å². The third kappa shape index (κ3) is 5.73. The third-order valence-electron chi connectivity index (χ3n) is 7.50. The molecule has 186 valence electrons. The van der Waals surface area contributed by atoms with Gasteiger partial charge in [-0.1, -0.05) is 79.9 Å². The number of rotatable bonds is 8. The molecule has 35 heavy (non-hydrogen) atoms. The van der Waals surface area contributed by atoms with Gasteiger partial charge in [-0.2, -0.15) is 0 Å². The summed E-state index contributed by atoms with van der Waals surface area (Å²) in [6.07, 6.45) is 6.41. The van der Waals surface area contributed by atoms with Crippen LogP contribution in [0.4, 0.5) is 0 Å². The molecule has 7 nitrogen and oxygen atoms in total. The van der Waals surface area contributed by atoms with Crippen LogP contribution < -0.4 is 11.1 Å². The van der Waals surface area contributed by atoms with Crippen LogP contribution in [-0.2, 0) is 14.4 Å². The first kappa shape index (κ1) is 24.9. The Kier molecular flexibility index (Phi) is 8.18. The molecule has 4 N–H and O–H groups in total. The molecule has 1 heterocycles. The second-order valence-electron chi connectivity index (χ2n) is 9.74. The number of benzene rings is 2. The molecule has 2 aromatic rings. The monoisotopic (exact) mass is 477 g/mol. The zero-order valence-electron chi connectivity index (χ0n) is 20.0. The average Bonchev–Trinajstić information content (AvgIpc) is 3.39. The molecule has 0 radical (unpaired) electrons. The lowest BCUT2D eigenvalue weighted by Gasteiger charge is -2.33. The average molecular weight is 478 g/mol. The molecule has 2 fully saturated rings. The molecule has 2 amide bonds. The molecule has 2 aromatic carbocycles. The van der Waals surface area contributed by atoms with E-state index < -0.39 is 35.9 Å². The summed E-state index contributed by atoms with van der Waals surface area (Å²) < 4.78 is 0. The molecular formula is C28H35N3O4. The van der Waals surface area contributed by atoms with Crippen LogP contribution >= 0.6 is 0 Å². The minimum atomic E-state index is -1.18. The summed E-state index contributed by atoms with van der Waals surface area (Å²) in [7, 11) is 0. The summed E-state index contributed by atoms with van der Waals surface area (Å²) in [5.41, 5.74) is 7.96. The smallest absolute Gasteiger partial charge is 0.327 e. The van der Waals surface area contributed by atoms with Crippen molar-refractivity contribution >= 4 is 17.8 Å². The van der Waals surface area contributed by atoms with Gasteiger partial charge in [0, 0.05) is 12.5 Å². The van der Waals surface area contributed by atoms with E-state index in [1.54, 1.807) is 4.90 Å². The fraction of sp³-hybridized carbons (Fsp3) is 0.464. The van der Waals surface area contributed by atoms with Gasteiger partial charge in [-0.05, 0) is 42.7 Å². The van der Waals surface area contributed by atoms with E-state index in [-0.39, 0.29) is 11.8 Å². The number of carboxylic acids is 1. The van der Waals surface area contributed by atoms with E-state index in [1.165, 1.54) is 6.42 Å². The predicted molar refractivity (Wildman–Crippen MR) is 134 cm³/mol. The minimum absolute atomic E-state index is 0.146. The topological polar surface area (TPSA) is 113 Å². The van der Waals surface area contributed by atoms with Gasteiger partial charge >= 0.3 is 5.97 Å². The molecule has 4 rings (SSSR count). The first-order valence-corrected chi connectivity index (χ1v) is 12.7. The van der Waals surface area contributed by atoms with E-state index in [0.29, 0.717) is 19.4 Å². The number of aliphatic carboxylic acids is 1. The molecule has 7 heteroatoms. The van der Waals surface area contributed by atoms with Gasteiger partial charge in [0.15, 0.2) is 0 Å². The fourth-order valence-corrected chi connectivity index (χ4v) is 5.62. The van der Waals surface area contributed by atoms with E-state index in [9.17, 15) is 19.5 Å². The van der Waals surface area contributed by atoms with Crippen molar-refractivity contribution in [2.45, 2.75) is 69.0 Å². The molecule has 1 aliphatic heterocycles. The SMILES string of the molecule is NC(C(=O)N1CCC[C@H]1C(=O)NC(C(=O)O)C(c1ccccc1)c1ccccc1)C1CCCCC1. The number of likely N-dealkylation sites (tertiary alicyclic amines) is 1. The van der Waals surface area contributed by atoms with Gasteiger partial charge < -0.3 is 21.1 Å². The Labute approximate surface area is 206 Å². The largest absolute Gasteiger partial charge is 0.480 e. The molecule has 0 spiro atoms. The maximum atomic E-state index is 13.4. The normalized spacial score (nSPS) is 20.4. The predicted octanol–water partition coefficient (Wildman–Crippen LogP) is 3.29. The van der Waals surface area contributed by atoms with Crippen LogP contribution in [0, 0.1) is 5.92 Å². The highest BCUT2D eigenvalue weighted by Crippen LogP contribution is 2.30. The van der Waals surface area contributed by atoms with Crippen LogP contribution in [0.1, 0.15) is 62.0 Å². The van der Waals surface area contributed by atoms with E-state index in [2.05, 4.69) is 5.32 Å². The zero-order chi connectivity index (χ0) is 24.8. The highest BCUT2D eigenvalue weighted by atomic mass is 16.4. The molecule has 1 aliphatic carbocycles. The standard InChI is InChI=1S/C28H35N3O4/c29-24(21-15-8-3-9-16-21)27(33)31-18-10-17-22(31)26(32)30-25(28(34)35)23(19-11-4-1-5-12-19)20-13-6-2-7-14-20/h1-2,4-7,11-14,21-25H,3,8-10,15-18,29H2,(H,30,32)(H,34,35)/t22-,24?,25?/m0/s1. The van der Waals surface area contributed by atoms with E-state index in [0.717, 1.165) is 36.8 Å². The highest BCUT2D eigenvalue weighted by Gasteiger charge is 2.41. The molecule has 2 unspecified atom stereocenters.